The highest BCUT2D eigenvalue weighted by molar-refractivity contribution is 5.93. The van der Waals surface area contributed by atoms with Crippen molar-refractivity contribution >= 4 is 11.8 Å². The van der Waals surface area contributed by atoms with Crippen LogP contribution in [0.4, 0.5) is 0 Å². The Bertz CT molecular complexity index is 1050. The maximum atomic E-state index is 13.7. The van der Waals surface area contributed by atoms with Crippen LogP contribution in [0.2, 0.25) is 0 Å². The summed E-state index contributed by atoms with van der Waals surface area (Å²) in [5.74, 6) is 0.218. The Morgan fingerprint density at radius 3 is 2.48 bits per heavy atom. The number of aromatic nitrogens is 1. The third-order valence-electron chi connectivity index (χ3n) is 7.16. The summed E-state index contributed by atoms with van der Waals surface area (Å²) in [7, 11) is 0. The summed E-state index contributed by atoms with van der Waals surface area (Å²) < 4.78 is 7.18. The van der Waals surface area contributed by atoms with Crippen LogP contribution < -0.4 is 5.56 Å². The normalized spacial score (nSPS) is 25.6. The number of furan rings is 1. The summed E-state index contributed by atoms with van der Waals surface area (Å²) >= 11 is 0. The van der Waals surface area contributed by atoms with Crippen molar-refractivity contribution in [2.24, 2.45) is 5.92 Å². The molecule has 2 saturated heterocycles. The van der Waals surface area contributed by atoms with Gasteiger partial charge in [-0.15, -0.1) is 0 Å². The van der Waals surface area contributed by atoms with Gasteiger partial charge in [0.1, 0.15) is 6.04 Å². The van der Waals surface area contributed by atoms with Gasteiger partial charge in [0.2, 0.25) is 5.91 Å². The number of likely N-dealkylation sites (tertiary alicyclic amines) is 2. The lowest BCUT2D eigenvalue weighted by atomic mass is 9.77. The van der Waals surface area contributed by atoms with Gasteiger partial charge in [0.25, 0.3) is 11.5 Å². The minimum absolute atomic E-state index is 0.0309. The third kappa shape index (κ3) is 3.50. The Morgan fingerprint density at radius 1 is 1.00 bits per heavy atom. The number of piperidine rings is 1. The highest BCUT2D eigenvalue weighted by Gasteiger charge is 2.46. The zero-order valence-corrected chi connectivity index (χ0v) is 18.0. The molecule has 2 fully saturated rings. The summed E-state index contributed by atoms with van der Waals surface area (Å²) in [5.41, 5.74) is 1.56. The number of carbonyl (C=O) groups excluding carboxylic acids is 2. The van der Waals surface area contributed by atoms with Crippen LogP contribution in [0.3, 0.4) is 0 Å². The van der Waals surface area contributed by atoms with E-state index in [9.17, 15) is 14.4 Å². The van der Waals surface area contributed by atoms with Gasteiger partial charge in [-0.1, -0.05) is 18.9 Å². The van der Waals surface area contributed by atoms with E-state index in [1.807, 2.05) is 22.8 Å². The SMILES string of the molecule is Cc1ccoc1C(=O)N1C[C@@H]2C[C@H](C1)[C@H](C(=O)N1CCCCCC1)n1c2cccc1=O. The van der Waals surface area contributed by atoms with Gasteiger partial charge in [-0.05, 0) is 38.3 Å². The maximum Gasteiger partial charge on any atom is 0.289 e. The van der Waals surface area contributed by atoms with Crippen molar-refractivity contribution in [2.75, 3.05) is 26.2 Å². The number of amides is 2. The van der Waals surface area contributed by atoms with Gasteiger partial charge in [0, 0.05) is 55.3 Å². The molecule has 2 aromatic rings. The van der Waals surface area contributed by atoms with E-state index < -0.39 is 6.04 Å². The molecule has 3 atom stereocenters. The highest BCUT2D eigenvalue weighted by atomic mass is 16.3. The zero-order valence-electron chi connectivity index (χ0n) is 18.0. The number of hydrogen-bond acceptors (Lipinski definition) is 4. The standard InChI is InChI=1S/C24H29N3O4/c1-16-9-12-31-22(16)24(30)26-14-17-13-18(15-26)21(27-19(17)7-6-8-20(27)28)23(29)25-10-4-2-3-5-11-25/h6-9,12,17-18,21H,2-5,10-11,13-15H2,1H3/t17-,18+,21+/m0/s1. The molecule has 0 unspecified atom stereocenters. The van der Waals surface area contributed by atoms with Crippen molar-refractivity contribution in [3.63, 3.8) is 0 Å². The Hall–Kier alpha value is -2.83. The molecule has 0 aromatic carbocycles. The molecule has 2 bridgehead atoms. The van der Waals surface area contributed by atoms with Crippen molar-refractivity contribution in [1.82, 2.24) is 14.4 Å². The van der Waals surface area contributed by atoms with Crippen molar-refractivity contribution < 1.29 is 14.0 Å². The summed E-state index contributed by atoms with van der Waals surface area (Å²) in [6.45, 7) is 4.35. The monoisotopic (exact) mass is 423 g/mol. The van der Waals surface area contributed by atoms with Crippen LogP contribution in [0.25, 0.3) is 0 Å². The lowest BCUT2D eigenvalue weighted by Gasteiger charge is -2.47. The van der Waals surface area contributed by atoms with Crippen LogP contribution in [-0.4, -0.2) is 52.4 Å². The van der Waals surface area contributed by atoms with Gasteiger partial charge in [0.15, 0.2) is 5.76 Å². The maximum absolute atomic E-state index is 13.7. The fourth-order valence-electron chi connectivity index (χ4n) is 5.63. The van der Waals surface area contributed by atoms with Crippen LogP contribution in [0, 0.1) is 12.8 Å². The van der Waals surface area contributed by atoms with E-state index >= 15 is 0 Å². The molecule has 3 aliphatic rings. The lowest BCUT2D eigenvalue weighted by molar-refractivity contribution is -0.138. The van der Waals surface area contributed by atoms with Crippen LogP contribution in [-0.2, 0) is 4.79 Å². The molecule has 0 aliphatic carbocycles. The first-order valence-corrected chi connectivity index (χ1v) is 11.4. The molecule has 2 aromatic heterocycles. The number of pyridine rings is 1. The predicted octanol–water partition coefficient (Wildman–Crippen LogP) is 2.95. The molecule has 5 rings (SSSR count). The lowest BCUT2D eigenvalue weighted by Crippen LogP contribution is -2.55. The fraction of sp³-hybridized carbons (Fsp3) is 0.542. The Balaban J connectivity index is 1.51. The molecule has 164 valence electrons. The van der Waals surface area contributed by atoms with E-state index in [0.29, 0.717) is 18.8 Å². The number of aryl methyl sites for hydroxylation is 1. The number of rotatable bonds is 2. The van der Waals surface area contributed by atoms with Gasteiger partial charge in [-0.25, -0.2) is 0 Å². The van der Waals surface area contributed by atoms with Gasteiger partial charge in [0.05, 0.1) is 6.26 Å². The minimum Gasteiger partial charge on any atom is -0.459 e. The quantitative estimate of drug-likeness (QED) is 0.744. The first-order chi connectivity index (χ1) is 15.0. The average Bonchev–Trinajstić information content (AvgIpc) is 3.02. The van der Waals surface area contributed by atoms with E-state index in [0.717, 1.165) is 56.5 Å². The molecule has 31 heavy (non-hydrogen) atoms. The van der Waals surface area contributed by atoms with Crippen LogP contribution in [0.1, 0.15) is 65.9 Å². The van der Waals surface area contributed by atoms with Crippen molar-refractivity contribution in [3.8, 4) is 0 Å². The van der Waals surface area contributed by atoms with Gasteiger partial charge >= 0.3 is 0 Å². The van der Waals surface area contributed by atoms with E-state index in [1.165, 1.54) is 6.26 Å². The van der Waals surface area contributed by atoms with E-state index in [2.05, 4.69) is 0 Å². The molecule has 2 amide bonds. The van der Waals surface area contributed by atoms with Crippen LogP contribution in [0.15, 0.2) is 39.7 Å². The minimum atomic E-state index is -0.550. The molecule has 0 saturated carbocycles. The molecule has 0 N–H and O–H groups in total. The molecular weight excluding hydrogens is 394 g/mol. The Kier molecular flexibility index (Phi) is 5.20. The average molecular weight is 424 g/mol. The third-order valence-corrected chi connectivity index (χ3v) is 7.16. The second kappa shape index (κ2) is 8.02. The summed E-state index contributed by atoms with van der Waals surface area (Å²) in [6.07, 6.45) is 6.64. The summed E-state index contributed by atoms with van der Waals surface area (Å²) in [6, 6.07) is 6.49. The summed E-state index contributed by atoms with van der Waals surface area (Å²) in [5, 5.41) is 0. The molecule has 0 radical (unpaired) electrons. The van der Waals surface area contributed by atoms with Crippen LogP contribution >= 0.6 is 0 Å². The van der Waals surface area contributed by atoms with Crippen molar-refractivity contribution in [2.45, 2.75) is 51.0 Å². The predicted molar refractivity (Wildman–Crippen MR) is 115 cm³/mol. The molecule has 3 aliphatic heterocycles. The molecule has 7 nitrogen and oxygen atoms in total. The van der Waals surface area contributed by atoms with Crippen LogP contribution in [0.5, 0.6) is 0 Å². The molecular formula is C24H29N3O4. The van der Waals surface area contributed by atoms with Crippen molar-refractivity contribution in [1.29, 1.82) is 0 Å². The van der Waals surface area contributed by atoms with E-state index in [-0.39, 0.29) is 29.2 Å². The van der Waals surface area contributed by atoms with Gasteiger partial charge in [-0.2, -0.15) is 0 Å². The van der Waals surface area contributed by atoms with Gasteiger partial charge in [-0.3, -0.25) is 19.0 Å². The first-order valence-electron chi connectivity index (χ1n) is 11.4. The highest BCUT2D eigenvalue weighted by Crippen LogP contribution is 2.42. The zero-order chi connectivity index (χ0) is 21.5. The topological polar surface area (TPSA) is 75.8 Å². The number of hydrogen-bond donors (Lipinski definition) is 0. The largest absolute Gasteiger partial charge is 0.459 e. The smallest absolute Gasteiger partial charge is 0.289 e. The van der Waals surface area contributed by atoms with Gasteiger partial charge < -0.3 is 14.2 Å². The van der Waals surface area contributed by atoms with E-state index in [1.54, 1.807) is 22.8 Å². The number of carbonyl (C=O) groups is 2. The van der Waals surface area contributed by atoms with Crippen molar-refractivity contribution in [3.05, 3.63) is 57.9 Å². The molecule has 0 spiro atoms. The van der Waals surface area contributed by atoms with E-state index in [4.69, 9.17) is 4.42 Å². The molecule has 5 heterocycles. The first kappa shape index (κ1) is 20.1. The second-order valence-electron chi connectivity index (χ2n) is 9.18. The fourth-order valence-corrected chi connectivity index (χ4v) is 5.63. The Labute approximate surface area is 181 Å². The number of nitrogens with zero attached hydrogens (tertiary/aromatic N) is 3. The second-order valence-corrected chi connectivity index (χ2v) is 9.18. The number of fused-ring (bicyclic) bond motifs is 4. The molecule has 7 heteroatoms. The Morgan fingerprint density at radius 2 is 1.77 bits per heavy atom. The summed E-state index contributed by atoms with van der Waals surface area (Å²) in [4.78, 5) is 43.6.